The van der Waals surface area contributed by atoms with E-state index in [1.807, 2.05) is 13.0 Å². The number of benzene rings is 2. The van der Waals surface area contributed by atoms with Crippen molar-refractivity contribution in [2.45, 2.75) is 20.0 Å². The summed E-state index contributed by atoms with van der Waals surface area (Å²) in [5.74, 6) is 0.593. The van der Waals surface area contributed by atoms with E-state index in [0.717, 1.165) is 32.7 Å². The number of aromatic nitrogens is 2. The molecule has 2 aromatic carbocycles. The molecule has 0 spiro atoms. The van der Waals surface area contributed by atoms with Gasteiger partial charge in [-0.25, -0.2) is 9.97 Å². The molecule has 3 aromatic rings. The third kappa shape index (κ3) is 4.95. The molecular formula is C23H29N7O2. The molecule has 9 nitrogen and oxygen atoms in total. The minimum absolute atomic E-state index is 0.0210. The number of piperazine rings is 1. The minimum atomic E-state index is -0.375. The molecule has 2 N–H and O–H groups in total. The van der Waals surface area contributed by atoms with Crippen molar-refractivity contribution < 1.29 is 4.92 Å². The fourth-order valence-electron chi connectivity index (χ4n) is 4.03. The first-order valence-electron chi connectivity index (χ1n) is 10.9. The first kappa shape index (κ1) is 21.9. The van der Waals surface area contributed by atoms with Crippen LogP contribution in [0.25, 0.3) is 10.9 Å². The maximum absolute atomic E-state index is 11.6. The summed E-state index contributed by atoms with van der Waals surface area (Å²) in [7, 11) is 2.16. The largest absolute Gasteiger partial charge is 0.380 e. The number of rotatable bonds is 8. The van der Waals surface area contributed by atoms with Crippen molar-refractivity contribution in [3.8, 4) is 0 Å². The first-order valence-corrected chi connectivity index (χ1v) is 10.9. The Hall–Kier alpha value is -3.30. The lowest BCUT2D eigenvalue weighted by Gasteiger charge is -2.32. The van der Waals surface area contributed by atoms with Gasteiger partial charge in [-0.1, -0.05) is 24.3 Å². The third-order valence-electron chi connectivity index (χ3n) is 5.87. The van der Waals surface area contributed by atoms with Gasteiger partial charge >= 0.3 is 0 Å². The van der Waals surface area contributed by atoms with Gasteiger partial charge in [0.1, 0.15) is 17.8 Å². The van der Waals surface area contributed by atoms with Gasteiger partial charge in [0, 0.05) is 57.3 Å². The second kappa shape index (κ2) is 9.88. The fraction of sp³-hybridized carbons (Fsp3) is 0.391. The van der Waals surface area contributed by atoms with Crippen LogP contribution in [-0.2, 0) is 13.1 Å². The highest BCUT2D eigenvalue weighted by atomic mass is 16.6. The highest BCUT2D eigenvalue weighted by molar-refractivity contribution is 5.94. The lowest BCUT2D eigenvalue weighted by molar-refractivity contribution is -0.383. The number of hydrogen-bond donors (Lipinski definition) is 2. The Bertz CT molecular complexity index is 1100. The number of nitrogens with one attached hydrogen (secondary N) is 2. The summed E-state index contributed by atoms with van der Waals surface area (Å²) in [4.78, 5) is 24.7. The van der Waals surface area contributed by atoms with Gasteiger partial charge in [0.15, 0.2) is 0 Å². The van der Waals surface area contributed by atoms with Gasteiger partial charge in [-0.2, -0.15) is 0 Å². The molecule has 0 radical (unpaired) electrons. The van der Waals surface area contributed by atoms with Crippen LogP contribution in [0.2, 0.25) is 0 Å². The number of nitrogens with zero attached hydrogens (tertiary/aromatic N) is 5. The molecule has 0 aliphatic carbocycles. The highest BCUT2D eigenvalue weighted by Gasteiger charge is 2.18. The Morgan fingerprint density at radius 3 is 2.53 bits per heavy atom. The van der Waals surface area contributed by atoms with Crippen molar-refractivity contribution in [2.24, 2.45) is 0 Å². The smallest absolute Gasteiger partial charge is 0.293 e. The second-order valence-electron chi connectivity index (χ2n) is 8.10. The van der Waals surface area contributed by atoms with E-state index in [4.69, 9.17) is 0 Å². The molecule has 1 saturated heterocycles. The topological polar surface area (TPSA) is 99.5 Å². The van der Waals surface area contributed by atoms with E-state index in [-0.39, 0.29) is 10.6 Å². The molecule has 0 bridgehead atoms. The molecule has 1 aromatic heterocycles. The van der Waals surface area contributed by atoms with E-state index in [0.29, 0.717) is 35.5 Å². The Morgan fingerprint density at radius 2 is 1.81 bits per heavy atom. The third-order valence-corrected chi connectivity index (χ3v) is 5.87. The average Bonchev–Trinajstić information content (AvgIpc) is 2.79. The maximum Gasteiger partial charge on any atom is 0.293 e. The van der Waals surface area contributed by atoms with Crippen LogP contribution in [0.3, 0.4) is 0 Å². The molecule has 1 fully saturated rings. The maximum atomic E-state index is 11.6. The Balaban J connectivity index is 1.56. The number of anilines is 2. The Morgan fingerprint density at radius 1 is 1.06 bits per heavy atom. The molecule has 0 unspecified atom stereocenters. The zero-order valence-electron chi connectivity index (χ0n) is 18.5. The summed E-state index contributed by atoms with van der Waals surface area (Å²) in [5.41, 5.74) is 3.62. The standard InChI is InChI=1S/C23H29N7O2/c1-3-24-21-13-20-19(12-22(21)30(31)32)23(27-16-26-20)25-14-17-6-4-5-7-18(17)15-29-10-8-28(2)9-11-29/h4-7,12-13,16,24H,3,8-11,14-15H2,1-2H3,(H,25,26,27). The molecule has 0 saturated carbocycles. The first-order chi connectivity index (χ1) is 15.5. The van der Waals surface area contributed by atoms with E-state index in [1.54, 1.807) is 12.1 Å². The predicted octanol–water partition coefficient (Wildman–Crippen LogP) is 3.33. The van der Waals surface area contributed by atoms with Crippen molar-refractivity contribution in [1.82, 2.24) is 19.8 Å². The second-order valence-corrected chi connectivity index (χ2v) is 8.10. The van der Waals surface area contributed by atoms with Crippen LogP contribution in [0.4, 0.5) is 17.2 Å². The van der Waals surface area contributed by atoms with Gasteiger partial charge in [0.25, 0.3) is 5.69 Å². The number of nitro benzene ring substituents is 1. The fourth-order valence-corrected chi connectivity index (χ4v) is 4.03. The van der Waals surface area contributed by atoms with Crippen LogP contribution in [-0.4, -0.2) is 64.5 Å². The Labute approximate surface area is 187 Å². The highest BCUT2D eigenvalue weighted by Crippen LogP contribution is 2.32. The van der Waals surface area contributed by atoms with E-state index in [2.05, 4.69) is 55.6 Å². The van der Waals surface area contributed by atoms with E-state index in [9.17, 15) is 10.1 Å². The van der Waals surface area contributed by atoms with Crippen molar-refractivity contribution in [1.29, 1.82) is 0 Å². The van der Waals surface area contributed by atoms with Gasteiger partial charge in [-0.15, -0.1) is 0 Å². The van der Waals surface area contributed by atoms with Crippen LogP contribution in [0.5, 0.6) is 0 Å². The lowest BCUT2D eigenvalue weighted by Crippen LogP contribution is -2.44. The SMILES string of the molecule is CCNc1cc2ncnc(NCc3ccccc3CN3CCN(C)CC3)c2cc1[N+](=O)[O-]. The van der Waals surface area contributed by atoms with Crippen molar-refractivity contribution in [3.63, 3.8) is 0 Å². The average molecular weight is 436 g/mol. The minimum Gasteiger partial charge on any atom is -0.380 e. The zero-order chi connectivity index (χ0) is 22.5. The zero-order valence-corrected chi connectivity index (χ0v) is 18.5. The van der Waals surface area contributed by atoms with Crippen LogP contribution < -0.4 is 10.6 Å². The summed E-state index contributed by atoms with van der Waals surface area (Å²) in [6.07, 6.45) is 1.49. The summed E-state index contributed by atoms with van der Waals surface area (Å²) in [6, 6.07) is 11.7. The van der Waals surface area contributed by atoms with Gasteiger partial charge in [-0.05, 0) is 31.2 Å². The summed E-state index contributed by atoms with van der Waals surface area (Å²) < 4.78 is 0. The molecule has 1 aliphatic heterocycles. The summed E-state index contributed by atoms with van der Waals surface area (Å²) in [6.45, 7) is 8.28. The predicted molar refractivity (Wildman–Crippen MR) is 127 cm³/mol. The summed E-state index contributed by atoms with van der Waals surface area (Å²) in [5, 5.41) is 18.6. The van der Waals surface area contributed by atoms with Crippen molar-refractivity contribution in [2.75, 3.05) is 50.4 Å². The van der Waals surface area contributed by atoms with Crippen molar-refractivity contribution >= 4 is 28.1 Å². The summed E-state index contributed by atoms with van der Waals surface area (Å²) >= 11 is 0. The molecule has 1 aliphatic rings. The molecule has 32 heavy (non-hydrogen) atoms. The molecule has 168 valence electrons. The molecule has 2 heterocycles. The Kier molecular flexibility index (Phi) is 6.77. The number of nitro groups is 1. The van der Waals surface area contributed by atoms with E-state index >= 15 is 0 Å². The van der Waals surface area contributed by atoms with Gasteiger partial charge in [0.2, 0.25) is 0 Å². The normalized spacial score (nSPS) is 15.1. The van der Waals surface area contributed by atoms with Gasteiger partial charge < -0.3 is 15.5 Å². The number of fused-ring (bicyclic) bond motifs is 1. The molecule has 0 amide bonds. The van der Waals surface area contributed by atoms with Crippen LogP contribution in [0.15, 0.2) is 42.7 Å². The van der Waals surface area contributed by atoms with Crippen LogP contribution >= 0.6 is 0 Å². The van der Waals surface area contributed by atoms with Gasteiger partial charge in [0.05, 0.1) is 10.4 Å². The molecule has 9 heteroatoms. The van der Waals surface area contributed by atoms with E-state index < -0.39 is 0 Å². The molecular weight excluding hydrogens is 406 g/mol. The van der Waals surface area contributed by atoms with Crippen molar-refractivity contribution in [3.05, 3.63) is 64.0 Å². The quantitative estimate of drug-likeness (QED) is 0.411. The number of hydrogen-bond acceptors (Lipinski definition) is 8. The van der Waals surface area contributed by atoms with Crippen LogP contribution in [0, 0.1) is 10.1 Å². The molecule has 0 atom stereocenters. The number of likely N-dealkylation sites (N-methyl/N-ethyl adjacent to an activating group) is 1. The van der Waals surface area contributed by atoms with E-state index in [1.165, 1.54) is 17.5 Å². The lowest BCUT2D eigenvalue weighted by atomic mass is 10.1. The molecule has 4 rings (SSSR count). The van der Waals surface area contributed by atoms with Gasteiger partial charge in [-0.3, -0.25) is 15.0 Å². The van der Waals surface area contributed by atoms with Crippen LogP contribution in [0.1, 0.15) is 18.1 Å². The monoisotopic (exact) mass is 435 g/mol.